The molecule has 0 aliphatic rings. The molecule has 0 fully saturated rings. The molecule has 0 aliphatic heterocycles. The second kappa shape index (κ2) is 12.9. The maximum Gasteiger partial charge on any atom is 2.00 e. The Labute approximate surface area is 275 Å². The third-order valence-electron chi connectivity index (χ3n) is 4.44. The van der Waals surface area contributed by atoms with Crippen LogP contribution in [0.5, 0.6) is 0 Å². The van der Waals surface area contributed by atoms with Crippen LogP contribution in [0.1, 0.15) is 0 Å². The standard InChI is InChI=1S/2C6HF13O3S.Sr/c2*7-1(8,3(11,12)5(15,16)17)2(9,10)4(13,14)6(18,19)23(20,21)22;/h2*(H,20,21,22);/q;;+2/p-2. The zero-order valence-corrected chi connectivity index (χ0v) is 24.9. The molecule has 35 heteroatoms. The van der Waals surface area contributed by atoms with Crippen LogP contribution in [0.4, 0.5) is 114 Å². The zero-order valence-electron chi connectivity index (χ0n) is 19.8. The second-order valence-electron chi connectivity index (χ2n) is 7.53. The Morgan fingerprint density at radius 2 is 0.404 bits per heavy atom. The summed E-state index contributed by atoms with van der Waals surface area (Å²) in [6.45, 7) is 0. The molecular weight excluding hydrogens is 886 g/mol. The molecule has 280 valence electrons. The summed E-state index contributed by atoms with van der Waals surface area (Å²) in [6, 6.07) is 0. The van der Waals surface area contributed by atoms with Gasteiger partial charge >= 0.3 is 116 Å². The summed E-state index contributed by atoms with van der Waals surface area (Å²) in [4.78, 5) is 0. The third kappa shape index (κ3) is 7.44. The number of hydrogen-bond donors (Lipinski definition) is 0. The van der Waals surface area contributed by atoms with Gasteiger partial charge in [0, 0.05) is 0 Å². The van der Waals surface area contributed by atoms with Gasteiger partial charge in [-0.3, -0.25) is 0 Å². The molecule has 0 aromatic rings. The molecule has 0 atom stereocenters. The first-order valence-electron chi connectivity index (χ1n) is 8.82. The van der Waals surface area contributed by atoms with E-state index in [4.69, 9.17) is 0 Å². The van der Waals surface area contributed by atoms with Gasteiger partial charge < -0.3 is 9.11 Å². The van der Waals surface area contributed by atoms with Crippen molar-refractivity contribution in [2.24, 2.45) is 0 Å². The van der Waals surface area contributed by atoms with Gasteiger partial charge in [-0.05, 0) is 0 Å². The van der Waals surface area contributed by atoms with Gasteiger partial charge in [0.05, 0.1) is 0 Å². The molecule has 0 aromatic carbocycles. The molecule has 0 rings (SSSR count). The quantitative estimate of drug-likeness (QED) is 0.150. The molecule has 0 unspecified atom stereocenters. The Morgan fingerprint density at radius 1 is 0.277 bits per heavy atom. The Hall–Kier alpha value is -0.519. The van der Waals surface area contributed by atoms with Gasteiger partial charge in [0.25, 0.3) is 0 Å². The SMILES string of the molecule is O=S(=O)([O-])C(F)(F)C(F)(F)C(F)(F)C(F)(F)C(F)(F)C(F)(F)F.O=S(=O)([O-])C(F)(F)C(F)(F)C(F)(F)C(F)(F)C(F)(F)C(F)(F)F.[Sr+2]. The smallest absolute Gasteiger partial charge is 0.743 e. The number of alkyl halides is 26. The van der Waals surface area contributed by atoms with Crippen LogP contribution in [0, 0.1) is 0 Å². The monoisotopic (exact) mass is 886 g/mol. The largest absolute Gasteiger partial charge is 2.00 e. The Balaban J connectivity index is -0.000000807. The topological polar surface area (TPSA) is 114 Å². The van der Waals surface area contributed by atoms with E-state index in [1.807, 2.05) is 0 Å². The van der Waals surface area contributed by atoms with Crippen LogP contribution < -0.4 is 0 Å². The van der Waals surface area contributed by atoms with E-state index in [0.29, 0.717) is 0 Å². The maximum absolute atomic E-state index is 12.7. The molecule has 0 spiro atoms. The average molecular weight is 886 g/mol. The van der Waals surface area contributed by atoms with Crippen LogP contribution in [0.2, 0.25) is 0 Å². The van der Waals surface area contributed by atoms with Crippen LogP contribution in [0.15, 0.2) is 0 Å². The summed E-state index contributed by atoms with van der Waals surface area (Å²) in [7, 11) is -15.7. The summed E-state index contributed by atoms with van der Waals surface area (Å²) < 4.78 is 378. The van der Waals surface area contributed by atoms with Crippen molar-refractivity contribution in [2.45, 2.75) is 70.2 Å². The van der Waals surface area contributed by atoms with Crippen LogP contribution in [0.25, 0.3) is 0 Å². The minimum absolute atomic E-state index is 0. The first-order chi connectivity index (χ1) is 19.0. The van der Waals surface area contributed by atoms with Crippen molar-refractivity contribution in [1.82, 2.24) is 0 Å². The fourth-order valence-corrected chi connectivity index (χ4v) is 2.71. The van der Waals surface area contributed by atoms with Crippen molar-refractivity contribution in [2.75, 3.05) is 0 Å². The van der Waals surface area contributed by atoms with Gasteiger partial charge in [-0.25, -0.2) is 16.8 Å². The predicted octanol–water partition coefficient (Wildman–Crippen LogP) is 6.08. The molecule has 0 saturated heterocycles. The van der Waals surface area contributed by atoms with Crippen molar-refractivity contribution in [3.8, 4) is 0 Å². The van der Waals surface area contributed by atoms with Gasteiger partial charge in [-0.15, -0.1) is 0 Å². The maximum atomic E-state index is 12.7. The summed E-state index contributed by atoms with van der Waals surface area (Å²) in [5.74, 6) is -65.2. The van der Waals surface area contributed by atoms with Crippen molar-refractivity contribution in [1.29, 1.82) is 0 Å². The molecule has 0 heterocycles. The molecule has 0 bridgehead atoms. The van der Waals surface area contributed by atoms with Gasteiger partial charge in [0.1, 0.15) is 0 Å². The van der Waals surface area contributed by atoms with Crippen LogP contribution >= 0.6 is 0 Å². The van der Waals surface area contributed by atoms with Crippen molar-refractivity contribution in [3.63, 3.8) is 0 Å². The van der Waals surface area contributed by atoms with Crippen molar-refractivity contribution >= 4 is 65.7 Å². The van der Waals surface area contributed by atoms with E-state index in [2.05, 4.69) is 0 Å². The summed E-state index contributed by atoms with van der Waals surface area (Å²) in [5, 5.41) is -15.3. The third-order valence-corrected chi connectivity index (χ3v) is 6.21. The van der Waals surface area contributed by atoms with Crippen LogP contribution in [-0.4, -0.2) is 142 Å². The molecule has 6 nitrogen and oxygen atoms in total. The molecule has 47 heavy (non-hydrogen) atoms. The molecular formula is C12F26O6S2Sr. The van der Waals surface area contributed by atoms with Crippen LogP contribution in [-0.2, 0) is 20.2 Å². The van der Waals surface area contributed by atoms with Crippen molar-refractivity contribution < 1.29 is 140 Å². The fourth-order valence-electron chi connectivity index (χ4n) is 1.82. The van der Waals surface area contributed by atoms with E-state index in [9.17, 15) is 140 Å². The first-order valence-corrected chi connectivity index (χ1v) is 11.6. The minimum atomic E-state index is -8.29. The summed E-state index contributed by atoms with van der Waals surface area (Å²) >= 11 is 0. The molecule has 0 saturated carbocycles. The van der Waals surface area contributed by atoms with E-state index in [1.165, 1.54) is 0 Å². The molecule has 0 radical (unpaired) electrons. The predicted molar refractivity (Wildman–Crippen MR) is 86.7 cm³/mol. The minimum Gasteiger partial charge on any atom is -0.743 e. The average Bonchev–Trinajstić information content (AvgIpc) is 2.75. The summed E-state index contributed by atoms with van der Waals surface area (Å²) in [5.41, 5.74) is 0. The van der Waals surface area contributed by atoms with E-state index in [0.717, 1.165) is 0 Å². The van der Waals surface area contributed by atoms with Gasteiger partial charge in [-0.2, -0.15) is 114 Å². The second-order valence-corrected chi connectivity index (χ2v) is 10.4. The fraction of sp³-hybridized carbons (Fsp3) is 1.00. The number of rotatable bonds is 10. The summed E-state index contributed by atoms with van der Waals surface area (Å²) in [6.07, 6.45) is -15.2. The van der Waals surface area contributed by atoms with Gasteiger partial charge in [0.15, 0.2) is 20.2 Å². The Morgan fingerprint density at radius 3 is 0.511 bits per heavy atom. The zero-order chi connectivity index (χ0) is 39.0. The van der Waals surface area contributed by atoms with E-state index >= 15 is 0 Å². The van der Waals surface area contributed by atoms with Crippen LogP contribution in [0.3, 0.4) is 0 Å². The first kappa shape index (κ1) is 50.9. The van der Waals surface area contributed by atoms with Crippen molar-refractivity contribution in [3.05, 3.63) is 0 Å². The molecule has 0 amide bonds. The van der Waals surface area contributed by atoms with Gasteiger partial charge in [0.2, 0.25) is 0 Å². The Kier molecular flexibility index (Phi) is 14.0. The van der Waals surface area contributed by atoms with E-state index in [-0.39, 0.29) is 45.5 Å². The number of halogens is 26. The van der Waals surface area contributed by atoms with E-state index < -0.39 is 90.5 Å². The molecule has 0 aromatic heterocycles. The molecule has 0 aliphatic carbocycles. The Bertz CT molecular complexity index is 1230. The molecule has 0 N–H and O–H groups in total. The van der Waals surface area contributed by atoms with E-state index in [1.54, 1.807) is 0 Å². The normalized spacial score (nSPS) is 16.3. The number of hydrogen-bond acceptors (Lipinski definition) is 6. The van der Waals surface area contributed by atoms with Gasteiger partial charge in [-0.1, -0.05) is 0 Å².